The molecule has 1 aliphatic carbocycles. The summed E-state index contributed by atoms with van der Waals surface area (Å²) in [5.41, 5.74) is 0.911. The van der Waals surface area contributed by atoms with Gasteiger partial charge < -0.3 is 5.11 Å². The topological polar surface area (TPSA) is 44.0 Å². The molecular weight excluding hydrogens is 126 g/mol. The molecule has 2 heteroatoms. The number of nitrogens with zero attached hydrogens (tertiary/aromatic N) is 1. The van der Waals surface area contributed by atoms with Gasteiger partial charge in [0.25, 0.3) is 0 Å². The van der Waals surface area contributed by atoms with E-state index >= 15 is 0 Å². The highest BCUT2D eigenvalue weighted by atomic mass is 16.3. The first-order chi connectivity index (χ1) is 4.84. The van der Waals surface area contributed by atoms with Crippen molar-refractivity contribution >= 4 is 0 Å². The van der Waals surface area contributed by atoms with Crippen molar-refractivity contribution in [1.82, 2.24) is 0 Å². The summed E-state index contributed by atoms with van der Waals surface area (Å²) in [4.78, 5) is 0. The maximum atomic E-state index is 9.28. The summed E-state index contributed by atoms with van der Waals surface area (Å²) in [7, 11) is 0. The Morgan fingerprint density at radius 1 is 1.60 bits per heavy atom. The van der Waals surface area contributed by atoms with E-state index in [1.807, 2.05) is 6.07 Å². The van der Waals surface area contributed by atoms with Crippen molar-refractivity contribution in [3.05, 3.63) is 11.6 Å². The van der Waals surface area contributed by atoms with Crippen LogP contribution in [-0.2, 0) is 0 Å². The zero-order valence-electron chi connectivity index (χ0n) is 5.88. The average molecular weight is 137 g/mol. The second-order valence-corrected chi connectivity index (χ2v) is 2.61. The third-order valence-electron chi connectivity index (χ3n) is 1.87. The third-order valence-corrected chi connectivity index (χ3v) is 1.87. The zero-order chi connectivity index (χ0) is 7.40. The lowest BCUT2D eigenvalue weighted by Crippen LogP contribution is -2.14. The monoisotopic (exact) mass is 137 g/mol. The Morgan fingerprint density at radius 2 is 2.40 bits per heavy atom. The predicted octanol–water partition coefficient (Wildman–Crippen LogP) is 1.37. The van der Waals surface area contributed by atoms with Crippen LogP contribution >= 0.6 is 0 Å². The Morgan fingerprint density at radius 3 is 3.00 bits per heavy atom. The minimum atomic E-state index is -0.339. The van der Waals surface area contributed by atoms with Gasteiger partial charge >= 0.3 is 0 Å². The molecular formula is C8H11NO. The number of hydrogen-bond acceptors (Lipinski definition) is 2. The summed E-state index contributed by atoms with van der Waals surface area (Å²) >= 11 is 0. The van der Waals surface area contributed by atoms with Crippen LogP contribution in [0.1, 0.15) is 25.7 Å². The summed E-state index contributed by atoms with van der Waals surface area (Å²) < 4.78 is 0. The van der Waals surface area contributed by atoms with Gasteiger partial charge in [0.2, 0.25) is 0 Å². The van der Waals surface area contributed by atoms with Gasteiger partial charge in [0.05, 0.1) is 12.2 Å². The first-order valence-corrected chi connectivity index (χ1v) is 3.61. The molecule has 1 fully saturated rings. The Hall–Kier alpha value is -0.810. The predicted molar refractivity (Wildman–Crippen MR) is 38.2 cm³/mol. The summed E-state index contributed by atoms with van der Waals surface area (Å²) in [5, 5.41) is 17.6. The smallest absolute Gasteiger partial charge is 0.0912 e. The van der Waals surface area contributed by atoms with Gasteiger partial charge in [0, 0.05) is 6.08 Å². The number of aliphatic hydroxyl groups excluding tert-OH is 1. The third kappa shape index (κ3) is 1.58. The molecule has 0 spiro atoms. The molecule has 0 heterocycles. The Labute approximate surface area is 60.8 Å². The van der Waals surface area contributed by atoms with Crippen molar-refractivity contribution in [2.24, 2.45) is 0 Å². The lowest BCUT2D eigenvalue weighted by Gasteiger charge is -2.18. The number of hydrogen-bond donors (Lipinski definition) is 1. The SMILES string of the molecule is N#C/C=C1\CCCC[C@@H]1O. The second-order valence-electron chi connectivity index (χ2n) is 2.61. The van der Waals surface area contributed by atoms with Crippen molar-refractivity contribution < 1.29 is 5.11 Å². The number of allylic oxidation sites excluding steroid dienone is 1. The molecule has 54 valence electrons. The first kappa shape index (κ1) is 7.30. The van der Waals surface area contributed by atoms with Crippen LogP contribution in [-0.4, -0.2) is 11.2 Å². The van der Waals surface area contributed by atoms with Crippen molar-refractivity contribution in [3.8, 4) is 6.07 Å². The molecule has 0 aromatic rings. The van der Waals surface area contributed by atoms with Crippen LogP contribution in [0.4, 0.5) is 0 Å². The summed E-state index contributed by atoms with van der Waals surface area (Å²) in [6.45, 7) is 0. The van der Waals surface area contributed by atoms with E-state index in [0.717, 1.165) is 31.3 Å². The fourth-order valence-electron chi connectivity index (χ4n) is 1.27. The van der Waals surface area contributed by atoms with Gasteiger partial charge in [-0.1, -0.05) is 6.42 Å². The molecule has 1 aliphatic rings. The maximum Gasteiger partial charge on any atom is 0.0912 e. The molecule has 0 aromatic heterocycles. The van der Waals surface area contributed by atoms with E-state index in [1.54, 1.807) is 0 Å². The number of nitriles is 1. The molecule has 10 heavy (non-hydrogen) atoms. The first-order valence-electron chi connectivity index (χ1n) is 3.61. The quantitative estimate of drug-likeness (QED) is 0.512. The van der Waals surface area contributed by atoms with Gasteiger partial charge in [-0.2, -0.15) is 5.26 Å². The van der Waals surface area contributed by atoms with E-state index in [1.165, 1.54) is 6.08 Å². The van der Waals surface area contributed by atoms with Crippen molar-refractivity contribution in [2.75, 3.05) is 0 Å². The van der Waals surface area contributed by atoms with Crippen LogP contribution in [0.15, 0.2) is 11.6 Å². The van der Waals surface area contributed by atoms with Gasteiger partial charge in [-0.15, -0.1) is 0 Å². The van der Waals surface area contributed by atoms with E-state index in [0.29, 0.717) is 0 Å². The molecule has 0 saturated heterocycles. The number of aliphatic hydroxyl groups is 1. The van der Waals surface area contributed by atoms with E-state index < -0.39 is 0 Å². The second kappa shape index (κ2) is 3.38. The average Bonchev–Trinajstić information content (AvgIpc) is 1.94. The summed E-state index contributed by atoms with van der Waals surface area (Å²) in [6.07, 6.45) is 5.06. The van der Waals surface area contributed by atoms with E-state index in [2.05, 4.69) is 0 Å². The Bertz CT molecular complexity index is 178. The fraction of sp³-hybridized carbons (Fsp3) is 0.625. The molecule has 0 bridgehead atoms. The van der Waals surface area contributed by atoms with Crippen LogP contribution in [0.3, 0.4) is 0 Å². The van der Waals surface area contributed by atoms with Gasteiger partial charge in [-0.05, 0) is 24.8 Å². The molecule has 1 N–H and O–H groups in total. The maximum absolute atomic E-state index is 9.28. The molecule has 0 radical (unpaired) electrons. The van der Waals surface area contributed by atoms with Gasteiger partial charge in [0.15, 0.2) is 0 Å². The molecule has 1 saturated carbocycles. The molecule has 2 nitrogen and oxygen atoms in total. The van der Waals surface area contributed by atoms with Gasteiger partial charge in [0.1, 0.15) is 0 Å². The molecule has 0 unspecified atom stereocenters. The highest BCUT2D eigenvalue weighted by Gasteiger charge is 2.14. The largest absolute Gasteiger partial charge is 0.389 e. The molecule has 0 aliphatic heterocycles. The molecule has 1 atom stereocenters. The lowest BCUT2D eigenvalue weighted by atomic mass is 9.92. The minimum Gasteiger partial charge on any atom is -0.389 e. The zero-order valence-corrected chi connectivity index (χ0v) is 5.88. The highest BCUT2D eigenvalue weighted by molar-refractivity contribution is 5.18. The lowest BCUT2D eigenvalue weighted by molar-refractivity contribution is 0.178. The van der Waals surface area contributed by atoms with Crippen LogP contribution in [0.25, 0.3) is 0 Å². The van der Waals surface area contributed by atoms with Crippen LogP contribution in [0.2, 0.25) is 0 Å². The number of rotatable bonds is 0. The standard InChI is InChI=1S/C8H11NO/c9-6-5-7-3-1-2-4-8(7)10/h5,8,10H,1-4H2/b7-5+/t8-/m0/s1. The highest BCUT2D eigenvalue weighted by Crippen LogP contribution is 2.22. The van der Waals surface area contributed by atoms with Crippen LogP contribution < -0.4 is 0 Å². The molecule has 0 amide bonds. The Kier molecular flexibility index (Phi) is 2.47. The summed E-state index contributed by atoms with van der Waals surface area (Å²) in [6, 6.07) is 1.95. The van der Waals surface area contributed by atoms with E-state index in [4.69, 9.17) is 5.26 Å². The van der Waals surface area contributed by atoms with Gasteiger partial charge in [-0.3, -0.25) is 0 Å². The van der Waals surface area contributed by atoms with Crippen LogP contribution in [0, 0.1) is 11.3 Å². The fourth-order valence-corrected chi connectivity index (χ4v) is 1.27. The minimum absolute atomic E-state index is 0.339. The van der Waals surface area contributed by atoms with Crippen molar-refractivity contribution in [2.45, 2.75) is 31.8 Å². The van der Waals surface area contributed by atoms with Crippen molar-refractivity contribution in [1.29, 1.82) is 5.26 Å². The Balaban J connectivity index is 2.58. The van der Waals surface area contributed by atoms with E-state index in [-0.39, 0.29) is 6.10 Å². The molecule has 0 aromatic carbocycles. The van der Waals surface area contributed by atoms with Gasteiger partial charge in [-0.25, -0.2) is 0 Å². The summed E-state index contributed by atoms with van der Waals surface area (Å²) in [5.74, 6) is 0. The van der Waals surface area contributed by atoms with Crippen molar-refractivity contribution in [3.63, 3.8) is 0 Å². The normalized spacial score (nSPS) is 30.0. The van der Waals surface area contributed by atoms with Crippen LogP contribution in [0.5, 0.6) is 0 Å². The molecule has 1 rings (SSSR count). The van der Waals surface area contributed by atoms with E-state index in [9.17, 15) is 5.11 Å².